The minimum atomic E-state index is -3.73. The SMILES string of the molecule is CC(C)NC(=O)Nc1ccc(CNC(=O)CCCN(C)S(=O)(=O)c2ccc(F)cc2)cc1. The van der Waals surface area contributed by atoms with Crippen molar-refractivity contribution < 1.29 is 22.4 Å². The van der Waals surface area contributed by atoms with Crippen molar-refractivity contribution in [3.8, 4) is 0 Å². The summed E-state index contributed by atoms with van der Waals surface area (Å²) in [7, 11) is -2.30. The van der Waals surface area contributed by atoms with E-state index in [4.69, 9.17) is 0 Å². The van der Waals surface area contributed by atoms with E-state index in [-0.39, 0.29) is 35.8 Å². The third-order valence-electron chi connectivity index (χ3n) is 4.52. The van der Waals surface area contributed by atoms with Gasteiger partial charge in [0.1, 0.15) is 5.82 Å². The monoisotopic (exact) mass is 464 g/mol. The fraction of sp³-hybridized carbons (Fsp3) is 0.364. The van der Waals surface area contributed by atoms with Gasteiger partial charge in [-0.3, -0.25) is 4.79 Å². The Labute approximate surface area is 188 Å². The summed E-state index contributed by atoms with van der Waals surface area (Å²) >= 11 is 0. The maximum atomic E-state index is 13.0. The molecule has 32 heavy (non-hydrogen) atoms. The molecule has 0 aromatic heterocycles. The van der Waals surface area contributed by atoms with Crippen LogP contribution in [0.1, 0.15) is 32.3 Å². The normalized spacial score (nSPS) is 11.4. The van der Waals surface area contributed by atoms with E-state index >= 15 is 0 Å². The zero-order valence-corrected chi connectivity index (χ0v) is 19.2. The number of benzene rings is 2. The first-order valence-electron chi connectivity index (χ1n) is 10.2. The summed E-state index contributed by atoms with van der Waals surface area (Å²) in [6.07, 6.45) is 0.509. The van der Waals surface area contributed by atoms with Crippen LogP contribution in [0.15, 0.2) is 53.4 Å². The molecule has 0 aliphatic rings. The number of halogens is 1. The molecule has 2 rings (SSSR count). The summed E-state index contributed by atoms with van der Waals surface area (Å²) in [4.78, 5) is 23.8. The molecule has 3 amide bonds. The Hall–Kier alpha value is -2.98. The Kier molecular flexibility index (Phi) is 9.15. The number of carbonyl (C=O) groups is 2. The first-order chi connectivity index (χ1) is 15.1. The minimum absolute atomic E-state index is 0.00507. The van der Waals surface area contributed by atoms with Crippen LogP contribution in [0.4, 0.5) is 14.9 Å². The third-order valence-corrected chi connectivity index (χ3v) is 6.39. The smallest absolute Gasteiger partial charge is 0.319 e. The number of rotatable bonds is 10. The first kappa shape index (κ1) is 25.3. The number of hydrogen-bond donors (Lipinski definition) is 3. The molecular formula is C22H29FN4O4S. The van der Waals surface area contributed by atoms with Crippen LogP contribution in [0.3, 0.4) is 0 Å². The molecule has 0 unspecified atom stereocenters. The fourth-order valence-electron chi connectivity index (χ4n) is 2.79. The maximum Gasteiger partial charge on any atom is 0.319 e. The average molecular weight is 465 g/mol. The number of amides is 3. The highest BCUT2D eigenvalue weighted by Crippen LogP contribution is 2.15. The van der Waals surface area contributed by atoms with Crippen molar-refractivity contribution in [1.29, 1.82) is 0 Å². The van der Waals surface area contributed by atoms with Crippen LogP contribution >= 0.6 is 0 Å². The lowest BCUT2D eigenvalue weighted by molar-refractivity contribution is -0.121. The molecule has 0 saturated carbocycles. The lowest BCUT2D eigenvalue weighted by Gasteiger charge is -2.17. The van der Waals surface area contributed by atoms with Crippen molar-refractivity contribution in [3.63, 3.8) is 0 Å². The van der Waals surface area contributed by atoms with Crippen molar-refractivity contribution >= 4 is 27.6 Å². The number of nitrogens with one attached hydrogen (secondary N) is 3. The quantitative estimate of drug-likeness (QED) is 0.502. The van der Waals surface area contributed by atoms with Crippen LogP contribution in [0.2, 0.25) is 0 Å². The number of sulfonamides is 1. The Morgan fingerprint density at radius 3 is 2.25 bits per heavy atom. The number of carbonyl (C=O) groups excluding carboxylic acids is 2. The number of anilines is 1. The molecule has 0 atom stereocenters. The summed E-state index contributed by atoms with van der Waals surface area (Å²) < 4.78 is 39.0. The van der Waals surface area contributed by atoms with Crippen LogP contribution in [-0.2, 0) is 21.4 Å². The molecule has 0 aliphatic carbocycles. The Morgan fingerprint density at radius 1 is 1.03 bits per heavy atom. The lowest BCUT2D eigenvalue weighted by Crippen LogP contribution is -2.34. The van der Waals surface area contributed by atoms with Gasteiger partial charge in [-0.05, 0) is 62.2 Å². The summed E-state index contributed by atoms with van der Waals surface area (Å²) in [6, 6.07) is 11.5. The zero-order valence-electron chi connectivity index (χ0n) is 18.4. The Bertz CT molecular complexity index is 1010. The molecule has 0 radical (unpaired) electrons. The maximum absolute atomic E-state index is 13.0. The lowest BCUT2D eigenvalue weighted by atomic mass is 10.2. The van der Waals surface area contributed by atoms with E-state index in [9.17, 15) is 22.4 Å². The van der Waals surface area contributed by atoms with E-state index in [0.717, 1.165) is 22.0 Å². The van der Waals surface area contributed by atoms with Gasteiger partial charge in [0.25, 0.3) is 0 Å². The second-order valence-corrected chi connectivity index (χ2v) is 9.66. The summed E-state index contributed by atoms with van der Waals surface area (Å²) in [5, 5.41) is 8.24. The molecule has 0 bridgehead atoms. The molecule has 0 saturated heterocycles. The number of hydrogen-bond acceptors (Lipinski definition) is 4. The predicted octanol–water partition coefficient (Wildman–Crippen LogP) is 3.07. The summed E-state index contributed by atoms with van der Waals surface area (Å²) in [5.74, 6) is -0.707. The second kappa shape index (κ2) is 11.6. The van der Waals surface area contributed by atoms with Gasteiger partial charge in [-0.2, -0.15) is 0 Å². The van der Waals surface area contributed by atoms with Crippen molar-refractivity contribution in [2.24, 2.45) is 0 Å². The topological polar surface area (TPSA) is 108 Å². The Morgan fingerprint density at radius 2 is 1.66 bits per heavy atom. The van der Waals surface area contributed by atoms with Gasteiger partial charge in [0.2, 0.25) is 15.9 Å². The highest BCUT2D eigenvalue weighted by molar-refractivity contribution is 7.89. The third kappa shape index (κ3) is 7.93. The molecule has 3 N–H and O–H groups in total. The van der Waals surface area contributed by atoms with Crippen LogP contribution < -0.4 is 16.0 Å². The first-order valence-corrected chi connectivity index (χ1v) is 11.7. The predicted molar refractivity (Wildman–Crippen MR) is 121 cm³/mol. The van der Waals surface area contributed by atoms with Gasteiger partial charge in [0, 0.05) is 38.3 Å². The van der Waals surface area contributed by atoms with Crippen LogP contribution in [0.5, 0.6) is 0 Å². The van der Waals surface area contributed by atoms with Gasteiger partial charge >= 0.3 is 6.03 Å². The van der Waals surface area contributed by atoms with Crippen LogP contribution in [-0.4, -0.2) is 44.3 Å². The van der Waals surface area contributed by atoms with Crippen molar-refractivity contribution in [3.05, 3.63) is 59.9 Å². The van der Waals surface area contributed by atoms with E-state index in [0.29, 0.717) is 18.7 Å². The molecule has 174 valence electrons. The van der Waals surface area contributed by atoms with E-state index in [1.807, 2.05) is 13.8 Å². The molecular weight excluding hydrogens is 435 g/mol. The number of nitrogens with zero attached hydrogens (tertiary/aromatic N) is 1. The van der Waals surface area contributed by atoms with Crippen LogP contribution in [0.25, 0.3) is 0 Å². The highest BCUT2D eigenvalue weighted by atomic mass is 32.2. The second-order valence-electron chi connectivity index (χ2n) is 7.61. The molecule has 8 nitrogen and oxygen atoms in total. The summed E-state index contributed by atoms with van der Waals surface area (Å²) in [6.45, 7) is 4.22. The standard InChI is InChI=1S/C22H29FN4O4S/c1-16(2)25-22(29)26-19-10-6-17(7-11-19)15-24-21(28)5-4-14-27(3)32(30,31)20-12-8-18(23)9-13-20/h6-13,16H,4-5,14-15H2,1-3H3,(H,24,28)(H2,25,26,29). The van der Waals surface area contributed by atoms with Gasteiger partial charge in [-0.1, -0.05) is 12.1 Å². The van der Waals surface area contributed by atoms with E-state index in [1.165, 1.54) is 19.2 Å². The van der Waals surface area contributed by atoms with E-state index < -0.39 is 15.8 Å². The van der Waals surface area contributed by atoms with Crippen molar-refractivity contribution in [2.45, 2.75) is 44.2 Å². The summed E-state index contributed by atoms with van der Waals surface area (Å²) in [5.41, 5.74) is 1.51. The van der Waals surface area contributed by atoms with Gasteiger partial charge < -0.3 is 16.0 Å². The van der Waals surface area contributed by atoms with E-state index in [1.54, 1.807) is 24.3 Å². The van der Waals surface area contributed by atoms with E-state index in [2.05, 4.69) is 16.0 Å². The van der Waals surface area contributed by atoms with Gasteiger partial charge in [0.05, 0.1) is 4.90 Å². The zero-order chi connectivity index (χ0) is 23.7. The molecule has 0 heterocycles. The minimum Gasteiger partial charge on any atom is -0.352 e. The molecule has 2 aromatic rings. The van der Waals surface area contributed by atoms with Gasteiger partial charge in [0.15, 0.2) is 0 Å². The van der Waals surface area contributed by atoms with Crippen molar-refractivity contribution in [1.82, 2.24) is 14.9 Å². The van der Waals surface area contributed by atoms with Crippen molar-refractivity contribution in [2.75, 3.05) is 18.9 Å². The molecule has 0 aliphatic heterocycles. The molecule has 2 aromatic carbocycles. The van der Waals surface area contributed by atoms with Gasteiger partial charge in [-0.15, -0.1) is 0 Å². The average Bonchev–Trinajstić information content (AvgIpc) is 2.73. The van der Waals surface area contributed by atoms with Crippen LogP contribution in [0, 0.1) is 5.82 Å². The molecule has 0 fully saturated rings. The molecule has 10 heteroatoms. The Balaban J connectivity index is 1.74. The van der Waals surface area contributed by atoms with Gasteiger partial charge in [-0.25, -0.2) is 21.9 Å². The molecule has 0 spiro atoms. The largest absolute Gasteiger partial charge is 0.352 e. The fourth-order valence-corrected chi connectivity index (χ4v) is 4.00. The number of urea groups is 1. The highest BCUT2D eigenvalue weighted by Gasteiger charge is 2.20.